The summed E-state index contributed by atoms with van der Waals surface area (Å²) in [5.41, 5.74) is 1.44. The Bertz CT molecular complexity index is 1050. The van der Waals surface area contributed by atoms with E-state index in [4.69, 9.17) is 5.26 Å². The van der Waals surface area contributed by atoms with Crippen molar-refractivity contribution in [2.75, 3.05) is 11.9 Å². The first kappa shape index (κ1) is 20.3. The number of rotatable bonds is 6. The molecule has 150 valence electrons. The van der Waals surface area contributed by atoms with Gasteiger partial charge in [0.05, 0.1) is 11.6 Å². The number of alkyl halides is 3. The van der Waals surface area contributed by atoms with E-state index in [0.717, 1.165) is 12.1 Å². The number of aromatic nitrogens is 4. The molecule has 0 atom stereocenters. The summed E-state index contributed by atoms with van der Waals surface area (Å²) in [6, 6.07) is 9.09. The van der Waals surface area contributed by atoms with E-state index in [2.05, 4.69) is 26.6 Å². The summed E-state index contributed by atoms with van der Waals surface area (Å²) in [4.78, 5) is 4.39. The van der Waals surface area contributed by atoms with Gasteiger partial charge in [0.15, 0.2) is 5.82 Å². The molecule has 0 amide bonds. The molecule has 0 aliphatic rings. The monoisotopic (exact) mass is 400 g/mol. The molecular weight excluding hydrogens is 381 g/mol. The van der Waals surface area contributed by atoms with Crippen LogP contribution in [0.1, 0.15) is 24.1 Å². The number of aryl methyl sites for hydroxylation is 2. The number of hydrogen-bond donors (Lipinski definition) is 1. The maximum absolute atomic E-state index is 13.4. The molecule has 0 unspecified atom stereocenters. The van der Waals surface area contributed by atoms with Crippen LogP contribution in [0.3, 0.4) is 0 Å². The third-order valence-corrected chi connectivity index (χ3v) is 4.34. The van der Waals surface area contributed by atoms with Crippen LogP contribution in [0.25, 0.3) is 22.5 Å². The summed E-state index contributed by atoms with van der Waals surface area (Å²) in [5.74, 6) is 1.01. The molecule has 0 saturated heterocycles. The maximum Gasteiger partial charge on any atom is 0.416 e. The minimum absolute atomic E-state index is 0.390. The van der Waals surface area contributed by atoms with Crippen LogP contribution in [-0.4, -0.2) is 26.3 Å². The van der Waals surface area contributed by atoms with Crippen molar-refractivity contribution < 1.29 is 13.2 Å². The second-order valence-corrected chi connectivity index (χ2v) is 6.59. The quantitative estimate of drug-likeness (QED) is 0.613. The Labute approximate surface area is 166 Å². The normalized spacial score (nSPS) is 11.3. The van der Waals surface area contributed by atoms with Crippen LogP contribution in [0, 0.1) is 18.3 Å². The van der Waals surface area contributed by atoms with E-state index >= 15 is 0 Å². The van der Waals surface area contributed by atoms with Crippen molar-refractivity contribution in [1.29, 1.82) is 5.26 Å². The summed E-state index contributed by atoms with van der Waals surface area (Å²) >= 11 is 0. The van der Waals surface area contributed by atoms with Crippen molar-refractivity contribution in [1.82, 2.24) is 19.7 Å². The molecule has 0 bridgehead atoms. The molecule has 0 saturated carbocycles. The van der Waals surface area contributed by atoms with Gasteiger partial charge >= 0.3 is 6.18 Å². The Kier molecular flexibility index (Phi) is 5.82. The number of halogens is 3. The first-order chi connectivity index (χ1) is 13.8. The smallest absolute Gasteiger partial charge is 0.370 e. The SMILES string of the molecule is Cc1cc(-c2cc(C(F)(F)F)ccc2-c2nncn2C)cc(NCCCC#N)n1. The Morgan fingerprint density at radius 3 is 2.62 bits per heavy atom. The number of nitrogens with one attached hydrogen (secondary N) is 1. The van der Waals surface area contributed by atoms with Crippen LogP contribution >= 0.6 is 0 Å². The number of nitriles is 1. The molecule has 0 fully saturated rings. The van der Waals surface area contributed by atoms with Crippen LogP contribution < -0.4 is 5.32 Å². The second-order valence-electron chi connectivity index (χ2n) is 6.59. The highest BCUT2D eigenvalue weighted by atomic mass is 19.4. The lowest BCUT2D eigenvalue weighted by Crippen LogP contribution is -2.07. The van der Waals surface area contributed by atoms with E-state index in [1.165, 1.54) is 12.4 Å². The topological polar surface area (TPSA) is 79.4 Å². The maximum atomic E-state index is 13.4. The Morgan fingerprint density at radius 2 is 1.97 bits per heavy atom. The molecule has 1 aromatic carbocycles. The minimum atomic E-state index is -4.46. The predicted molar refractivity (Wildman–Crippen MR) is 103 cm³/mol. The lowest BCUT2D eigenvalue weighted by atomic mass is 9.96. The summed E-state index contributed by atoms with van der Waals surface area (Å²) in [7, 11) is 1.73. The predicted octanol–water partition coefficient (Wildman–Crippen LogP) is 4.59. The lowest BCUT2D eigenvalue weighted by molar-refractivity contribution is -0.137. The van der Waals surface area contributed by atoms with E-state index in [0.29, 0.717) is 53.4 Å². The number of nitrogens with zero attached hydrogens (tertiary/aromatic N) is 5. The number of unbranched alkanes of at least 4 members (excludes halogenated alkanes) is 1. The van der Waals surface area contributed by atoms with Crippen molar-refractivity contribution >= 4 is 5.82 Å². The molecule has 6 nitrogen and oxygen atoms in total. The van der Waals surface area contributed by atoms with Crippen molar-refractivity contribution in [2.24, 2.45) is 7.05 Å². The molecule has 0 spiro atoms. The summed E-state index contributed by atoms with van der Waals surface area (Å²) < 4.78 is 41.7. The average Bonchev–Trinajstić information content (AvgIpc) is 3.09. The van der Waals surface area contributed by atoms with Crippen molar-refractivity contribution in [3.05, 3.63) is 47.9 Å². The van der Waals surface area contributed by atoms with Crippen LogP contribution in [0.15, 0.2) is 36.7 Å². The summed E-state index contributed by atoms with van der Waals surface area (Å²) in [6.45, 7) is 2.32. The average molecular weight is 400 g/mol. The Balaban J connectivity index is 2.09. The fourth-order valence-corrected chi connectivity index (χ4v) is 2.98. The highest BCUT2D eigenvalue weighted by Gasteiger charge is 2.31. The first-order valence-corrected chi connectivity index (χ1v) is 8.95. The van der Waals surface area contributed by atoms with Crippen molar-refractivity contribution in [3.8, 4) is 28.6 Å². The highest BCUT2D eigenvalue weighted by molar-refractivity contribution is 5.82. The van der Waals surface area contributed by atoms with Gasteiger partial charge in [-0.05, 0) is 54.8 Å². The van der Waals surface area contributed by atoms with Gasteiger partial charge in [0.2, 0.25) is 0 Å². The van der Waals surface area contributed by atoms with Gasteiger partial charge in [-0.2, -0.15) is 18.4 Å². The standard InChI is InChI=1S/C20H19F3N6/c1-13-9-14(10-18(27-13)25-8-4-3-7-24)17-11-15(20(21,22)23)5-6-16(17)19-28-26-12-29(19)2/h5-6,9-12H,3-4,8H2,1-2H3,(H,25,27). The lowest BCUT2D eigenvalue weighted by Gasteiger charge is -2.15. The van der Waals surface area contributed by atoms with Crippen LogP contribution in [-0.2, 0) is 13.2 Å². The molecule has 0 aliphatic carbocycles. The zero-order chi connectivity index (χ0) is 21.0. The van der Waals surface area contributed by atoms with Gasteiger partial charge < -0.3 is 9.88 Å². The van der Waals surface area contributed by atoms with Gasteiger partial charge in [0.1, 0.15) is 12.1 Å². The number of pyridine rings is 1. The Hall–Kier alpha value is -3.41. The molecule has 2 heterocycles. The summed E-state index contributed by atoms with van der Waals surface area (Å²) in [6.07, 6.45) is -1.91. The first-order valence-electron chi connectivity index (χ1n) is 8.95. The van der Waals surface area contributed by atoms with Crippen molar-refractivity contribution in [2.45, 2.75) is 25.9 Å². The minimum Gasteiger partial charge on any atom is -0.370 e. The van der Waals surface area contributed by atoms with Gasteiger partial charge in [-0.3, -0.25) is 0 Å². The molecule has 0 radical (unpaired) electrons. The van der Waals surface area contributed by atoms with E-state index < -0.39 is 11.7 Å². The fourth-order valence-electron chi connectivity index (χ4n) is 2.98. The molecular formula is C20H19F3N6. The zero-order valence-electron chi connectivity index (χ0n) is 16.0. The third-order valence-electron chi connectivity index (χ3n) is 4.34. The van der Waals surface area contributed by atoms with E-state index in [9.17, 15) is 13.2 Å². The number of benzene rings is 1. The molecule has 29 heavy (non-hydrogen) atoms. The largest absolute Gasteiger partial charge is 0.416 e. The molecule has 3 aromatic rings. The second kappa shape index (κ2) is 8.31. The summed E-state index contributed by atoms with van der Waals surface area (Å²) in [5, 5.41) is 19.6. The molecule has 3 rings (SSSR count). The van der Waals surface area contributed by atoms with Gasteiger partial charge in [-0.15, -0.1) is 10.2 Å². The number of anilines is 1. The van der Waals surface area contributed by atoms with E-state index in [1.54, 1.807) is 30.7 Å². The Morgan fingerprint density at radius 1 is 1.17 bits per heavy atom. The van der Waals surface area contributed by atoms with E-state index in [1.807, 2.05) is 0 Å². The van der Waals surface area contributed by atoms with Gasteiger partial charge in [0.25, 0.3) is 0 Å². The molecule has 9 heteroatoms. The van der Waals surface area contributed by atoms with Crippen molar-refractivity contribution in [3.63, 3.8) is 0 Å². The number of hydrogen-bond acceptors (Lipinski definition) is 5. The van der Waals surface area contributed by atoms with E-state index in [-0.39, 0.29) is 0 Å². The van der Waals surface area contributed by atoms with Crippen LogP contribution in [0.2, 0.25) is 0 Å². The van der Waals surface area contributed by atoms with Gasteiger partial charge in [-0.1, -0.05) is 0 Å². The van der Waals surface area contributed by atoms with Gasteiger partial charge in [0, 0.05) is 31.3 Å². The molecule has 2 aromatic heterocycles. The third kappa shape index (κ3) is 4.71. The van der Waals surface area contributed by atoms with Crippen LogP contribution in [0.5, 0.6) is 0 Å². The highest BCUT2D eigenvalue weighted by Crippen LogP contribution is 2.38. The fraction of sp³-hybridized carbons (Fsp3) is 0.300. The van der Waals surface area contributed by atoms with Gasteiger partial charge in [-0.25, -0.2) is 4.98 Å². The molecule has 1 N–H and O–H groups in total. The van der Waals surface area contributed by atoms with Crippen LogP contribution in [0.4, 0.5) is 19.0 Å². The zero-order valence-corrected chi connectivity index (χ0v) is 16.0. The molecule has 0 aliphatic heterocycles.